The number of carbonyl (C=O) groups is 1. The van der Waals surface area contributed by atoms with Crippen LogP contribution >= 0.6 is 23.8 Å². The van der Waals surface area contributed by atoms with E-state index >= 15 is 0 Å². The van der Waals surface area contributed by atoms with E-state index in [0.29, 0.717) is 28.9 Å². The smallest absolute Gasteiger partial charge is 0.269 e. The van der Waals surface area contributed by atoms with Crippen LogP contribution in [-0.2, 0) is 4.74 Å². The molecule has 0 aromatic heterocycles. The van der Waals surface area contributed by atoms with E-state index in [4.69, 9.17) is 28.6 Å². The highest BCUT2D eigenvalue weighted by Crippen LogP contribution is 2.09. The van der Waals surface area contributed by atoms with Gasteiger partial charge in [0.2, 0.25) is 0 Å². The molecule has 1 aromatic carbocycles. The summed E-state index contributed by atoms with van der Waals surface area (Å²) in [4.78, 5) is 11.7. The molecule has 7 heteroatoms. The summed E-state index contributed by atoms with van der Waals surface area (Å²) in [7, 11) is 1.60. The molecule has 3 N–H and O–H groups in total. The van der Waals surface area contributed by atoms with Crippen molar-refractivity contribution in [2.75, 3.05) is 20.3 Å². The summed E-state index contributed by atoms with van der Waals surface area (Å²) in [6.07, 6.45) is 0. The van der Waals surface area contributed by atoms with Gasteiger partial charge < -0.3 is 10.1 Å². The van der Waals surface area contributed by atoms with Gasteiger partial charge in [-0.3, -0.25) is 15.6 Å². The lowest BCUT2D eigenvalue weighted by molar-refractivity contribution is 0.0943. The lowest BCUT2D eigenvalue weighted by Gasteiger charge is -2.11. The quantitative estimate of drug-likeness (QED) is 0.440. The molecule has 0 saturated carbocycles. The largest absolute Gasteiger partial charge is 0.383 e. The van der Waals surface area contributed by atoms with Crippen LogP contribution in [0.2, 0.25) is 5.02 Å². The van der Waals surface area contributed by atoms with Crippen molar-refractivity contribution < 1.29 is 9.53 Å². The molecule has 0 fully saturated rings. The Bertz CT molecular complexity index is 429. The molecule has 0 heterocycles. The number of methoxy groups -OCH3 is 1. The van der Waals surface area contributed by atoms with E-state index in [1.165, 1.54) is 0 Å². The van der Waals surface area contributed by atoms with Gasteiger partial charge in [0.1, 0.15) is 0 Å². The second-order valence-corrected chi connectivity index (χ2v) is 4.18. The van der Waals surface area contributed by atoms with Gasteiger partial charge in [-0.25, -0.2) is 0 Å². The fourth-order valence-corrected chi connectivity index (χ4v) is 1.47. The second kappa shape index (κ2) is 7.86. The van der Waals surface area contributed by atoms with E-state index < -0.39 is 0 Å². The van der Waals surface area contributed by atoms with Crippen LogP contribution in [0.4, 0.5) is 0 Å². The Labute approximate surface area is 116 Å². The van der Waals surface area contributed by atoms with Crippen LogP contribution in [0.3, 0.4) is 0 Å². The van der Waals surface area contributed by atoms with Crippen molar-refractivity contribution in [3.63, 3.8) is 0 Å². The Hall–Kier alpha value is -1.37. The summed E-state index contributed by atoms with van der Waals surface area (Å²) in [5, 5.41) is 3.68. The van der Waals surface area contributed by atoms with Crippen LogP contribution in [0.15, 0.2) is 24.3 Å². The number of benzene rings is 1. The lowest BCUT2D eigenvalue weighted by atomic mass is 10.2. The van der Waals surface area contributed by atoms with Gasteiger partial charge >= 0.3 is 0 Å². The van der Waals surface area contributed by atoms with Crippen LogP contribution in [0.5, 0.6) is 0 Å². The third kappa shape index (κ3) is 5.31. The molecule has 0 bridgehead atoms. The van der Waals surface area contributed by atoms with Crippen molar-refractivity contribution in [1.29, 1.82) is 0 Å². The van der Waals surface area contributed by atoms with Crippen molar-refractivity contribution in [1.82, 2.24) is 16.2 Å². The highest BCUT2D eigenvalue weighted by Gasteiger charge is 2.05. The van der Waals surface area contributed by atoms with Crippen molar-refractivity contribution >= 4 is 34.8 Å². The maximum absolute atomic E-state index is 11.7. The molecule has 0 aliphatic rings. The maximum atomic E-state index is 11.7. The standard InChI is InChI=1S/C11H14ClN3O2S/c1-17-6-5-13-11(18)15-14-10(16)8-3-2-4-9(12)7-8/h2-4,7H,5-6H2,1H3,(H,14,16)(H2,13,15,18). The number of hydrazine groups is 1. The molecular weight excluding hydrogens is 274 g/mol. The third-order valence-corrected chi connectivity index (χ3v) is 2.45. The zero-order chi connectivity index (χ0) is 13.4. The number of amides is 1. The molecule has 1 rings (SSSR count). The fraction of sp³-hybridized carbons (Fsp3) is 0.273. The van der Waals surface area contributed by atoms with E-state index in [9.17, 15) is 4.79 Å². The minimum Gasteiger partial charge on any atom is -0.383 e. The van der Waals surface area contributed by atoms with Gasteiger partial charge in [0.25, 0.3) is 5.91 Å². The highest BCUT2D eigenvalue weighted by molar-refractivity contribution is 7.80. The molecule has 0 unspecified atom stereocenters. The van der Waals surface area contributed by atoms with E-state index in [1.54, 1.807) is 31.4 Å². The first-order chi connectivity index (χ1) is 8.63. The summed E-state index contributed by atoms with van der Waals surface area (Å²) in [6.45, 7) is 1.10. The lowest BCUT2D eigenvalue weighted by Crippen LogP contribution is -2.47. The predicted molar refractivity (Wildman–Crippen MR) is 74.5 cm³/mol. The molecule has 0 atom stereocenters. The zero-order valence-corrected chi connectivity index (χ0v) is 11.4. The summed E-state index contributed by atoms with van der Waals surface area (Å²) < 4.78 is 4.85. The molecular formula is C11H14ClN3O2S. The summed E-state index contributed by atoms with van der Waals surface area (Å²) in [5.41, 5.74) is 5.50. The zero-order valence-electron chi connectivity index (χ0n) is 9.83. The molecule has 0 saturated heterocycles. The average molecular weight is 288 g/mol. The minimum absolute atomic E-state index is 0.312. The van der Waals surface area contributed by atoms with Crippen molar-refractivity contribution in [2.45, 2.75) is 0 Å². The fourth-order valence-electron chi connectivity index (χ4n) is 1.13. The molecule has 98 valence electrons. The number of hydrogen-bond acceptors (Lipinski definition) is 3. The Morgan fingerprint density at radius 1 is 1.44 bits per heavy atom. The minimum atomic E-state index is -0.312. The van der Waals surface area contributed by atoms with Crippen LogP contribution in [0.25, 0.3) is 0 Å². The number of nitrogens with one attached hydrogen (secondary N) is 3. The van der Waals surface area contributed by atoms with Crippen LogP contribution in [-0.4, -0.2) is 31.3 Å². The monoisotopic (exact) mass is 287 g/mol. The highest BCUT2D eigenvalue weighted by atomic mass is 35.5. The number of carbonyl (C=O) groups excluding carboxylic acids is 1. The van der Waals surface area contributed by atoms with E-state index in [0.717, 1.165) is 0 Å². The molecule has 0 aliphatic carbocycles. The van der Waals surface area contributed by atoms with Crippen LogP contribution < -0.4 is 16.2 Å². The Kier molecular flexibility index (Phi) is 6.42. The third-order valence-electron chi connectivity index (χ3n) is 1.97. The van der Waals surface area contributed by atoms with Gasteiger partial charge in [0.05, 0.1) is 6.61 Å². The van der Waals surface area contributed by atoms with Gasteiger partial charge in [-0.15, -0.1) is 0 Å². The molecule has 5 nitrogen and oxygen atoms in total. The van der Waals surface area contributed by atoms with Gasteiger partial charge in [0, 0.05) is 24.2 Å². The number of ether oxygens (including phenoxy) is 1. The van der Waals surface area contributed by atoms with Gasteiger partial charge in [0.15, 0.2) is 5.11 Å². The Morgan fingerprint density at radius 2 is 2.22 bits per heavy atom. The van der Waals surface area contributed by atoms with E-state index in [2.05, 4.69) is 16.2 Å². The first kappa shape index (κ1) is 14.7. The summed E-state index contributed by atoms with van der Waals surface area (Å²) in [5.74, 6) is -0.312. The number of rotatable bonds is 4. The van der Waals surface area contributed by atoms with Crippen LogP contribution in [0.1, 0.15) is 10.4 Å². The van der Waals surface area contributed by atoms with Crippen LogP contribution in [0, 0.1) is 0 Å². The number of hydrogen-bond donors (Lipinski definition) is 3. The number of halogens is 1. The molecule has 1 amide bonds. The molecule has 0 spiro atoms. The van der Waals surface area contributed by atoms with Crippen molar-refractivity contribution in [3.05, 3.63) is 34.9 Å². The normalized spacial score (nSPS) is 9.67. The van der Waals surface area contributed by atoms with Gasteiger partial charge in [-0.1, -0.05) is 17.7 Å². The predicted octanol–water partition coefficient (Wildman–Crippen LogP) is 1.10. The van der Waals surface area contributed by atoms with Gasteiger partial charge in [-0.2, -0.15) is 0 Å². The molecule has 1 aromatic rings. The average Bonchev–Trinajstić information content (AvgIpc) is 2.36. The van der Waals surface area contributed by atoms with E-state index in [-0.39, 0.29) is 5.91 Å². The summed E-state index contributed by atoms with van der Waals surface area (Å²) in [6, 6.07) is 6.62. The first-order valence-electron chi connectivity index (χ1n) is 5.22. The summed E-state index contributed by atoms with van der Waals surface area (Å²) >= 11 is 10.7. The van der Waals surface area contributed by atoms with Gasteiger partial charge in [-0.05, 0) is 30.4 Å². The SMILES string of the molecule is COCCNC(=S)NNC(=O)c1cccc(Cl)c1. The Balaban J connectivity index is 2.35. The molecule has 0 radical (unpaired) electrons. The van der Waals surface area contributed by atoms with Crippen molar-refractivity contribution in [2.24, 2.45) is 0 Å². The maximum Gasteiger partial charge on any atom is 0.269 e. The number of thiocarbonyl (C=S) groups is 1. The van der Waals surface area contributed by atoms with Crippen molar-refractivity contribution in [3.8, 4) is 0 Å². The topological polar surface area (TPSA) is 62.4 Å². The first-order valence-corrected chi connectivity index (χ1v) is 6.01. The molecule has 18 heavy (non-hydrogen) atoms. The molecule has 0 aliphatic heterocycles. The van der Waals surface area contributed by atoms with E-state index in [1.807, 2.05) is 0 Å². The second-order valence-electron chi connectivity index (χ2n) is 3.34. The Morgan fingerprint density at radius 3 is 2.89 bits per heavy atom.